The summed E-state index contributed by atoms with van der Waals surface area (Å²) < 4.78 is 0. The van der Waals surface area contributed by atoms with Gasteiger partial charge in [-0.15, -0.1) is 0 Å². The van der Waals surface area contributed by atoms with Crippen molar-refractivity contribution in [2.24, 2.45) is 0 Å². The second-order valence-electron chi connectivity index (χ2n) is 4.43. The average molecular weight is 269 g/mol. The zero-order valence-electron chi connectivity index (χ0n) is 10.4. The van der Waals surface area contributed by atoms with Gasteiger partial charge in [0.1, 0.15) is 10.8 Å². The molecule has 0 radical (unpaired) electrons. The Balaban J connectivity index is 1.95. The number of carbonyl (C=O) groups is 1. The maximum Gasteiger partial charge on any atom is 0.271 e. The maximum atomic E-state index is 12.0. The van der Waals surface area contributed by atoms with Gasteiger partial charge in [-0.2, -0.15) is 0 Å². The Morgan fingerprint density at radius 1 is 1.61 bits per heavy atom. The van der Waals surface area contributed by atoms with Gasteiger partial charge in [-0.1, -0.05) is 18.5 Å². The molecule has 2 rings (SSSR count). The number of halogens is 1. The molecule has 0 saturated carbocycles. The van der Waals surface area contributed by atoms with E-state index in [1.807, 2.05) is 0 Å². The summed E-state index contributed by atoms with van der Waals surface area (Å²) in [6.45, 7) is 5.16. The molecule has 1 amide bonds. The quantitative estimate of drug-likeness (QED) is 0.899. The Morgan fingerprint density at radius 2 is 2.44 bits per heavy atom. The lowest BCUT2D eigenvalue weighted by molar-refractivity contribution is 0.0900. The number of hydrogen-bond donors (Lipinski definition) is 1. The maximum absolute atomic E-state index is 12.0. The molecule has 0 spiro atoms. The van der Waals surface area contributed by atoms with Crippen molar-refractivity contribution in [1.29, 1.82) is 0 Å². The number of nitrogens with one attached hydrogen (secondary N) is 1. The molecule has 5 nitrogen and oxygen atoms in total. The van der Waals surface area contributed by atoms with Gasteiger partial charge in [0, 0.05) is 12.6 Å². The Bertz CT molecular complexity index is 426. The lowest BCUT2D eigenvalue weighted by atomic mass is 10.1. The molecule has 1 aliphatic rings. The summed E-state index contributed by atoms with van der Waals surface area (Å²) in [6.07, 6.45) is 4.97. The van der Waals surface area contributed by atoms with E-state index in [-0.39, 0.29) is 22.8 Å². The summed E-state index contributed by atoms with van der Waals surface area (Å²) in [5.41, 5.74) is 0.274. The molecule has 98 valence electrons. The van der Waals surface area contributed by atoms with Crippen molar-refractivity contribution >= 4 is 17.5 Å². The molecule has 1 aliphatic heterocycles. The molecule has 0 aromatic carbocycles. The highest BCUT2D eigenvalue weighted by atomic mass is 35.5. The van der Waals surface area contributed by atoms with E-state index >= 15 is 0 Å². The minimum atomic E-state index is -0.201. The second kappa shape index (κ2) is 6.11. The van der Waals surface area contributed by atoms with E-state index in [0.717, 1.165) is 32.5 Å². The lowest BCUT2D eigenvalue weighted by Gasteiger charge is -2.32. The van der Waals surface area contributed by atoms with Crippen LogP contribution in [0.4, 0.5) is 0 Å². The number of aromatic nitrogens is 2. The van der Waals surface area contributed by atoms with Gasteiger partial charge in [0.25, 0.3) is 5.91 Å². The standard InChI is InChI=1S/C12H17ClN4O/c1-2-17-5-3-4-9(8-17)15-12(18)10-6-14-7-11(13)16-10/h6-7,9H,2-5,8H2,1H3,(H,15,18). The van der Waals surface area contributed by atoms with Gasteiger partial charge in [-0.3, -0.25) is 9.78 Å². The molecule has 18 heavy (non-hydrogen) atoms. The molecule has 0 aliphatic carbocycles. The van der Waals surface area contributed by atoms with Crippen LogP contribution in [0, 0.1) is 0 Å². The van der Waals surface area contributed by atoms with Crippen LogP contribution in [0.1, 0.15) is 30.3 Å². The van der Waals surface area contributed by atoms with Crippen molar-refractivity contribution in [3.8, 4) is 0 Å². The van der Waals surface area contributed by atoms with Crippen molar-refractivity contribution in [1.82, 2.24) is 20.2 Å². The first-order valence-corrected chi connectivity index (χ1v) is 6.57. The van der Waals surface area contributed by atoms with Gasteiger partial charge in [0.15, 0.2) is 0 Å². The molecule has 1 aromatic heterocycles. The SMILES string of the molecule is CCN1CCCC(NC(=O)c2cncc(Cl)n2)C1. The monoisotopic (exact) mass is 268 g/mol. The number of nitrogens with zero attached hydrogens (tertiary/aromatic N) is 3. The summed E-state index contributed by atoms with van der Waals surface area (Å²) >= 11 is 5.72. The Hall–Kier alpha value is -1.20. The molecule has 2 heterocycles. The van der Waals surface area contributed by atoms with Crippen LogP contribution in [0.25, 0.3) is 0 Å². The molecular weight excluding hydrogens is 252 g/mol. The topological polar surface area (TPSA) is 58.1 Å². The van der Waals surface area contributed by atoms with Crippen molar-refractivity contribution in [3.05, 3.63) is 23.2 Å². The number of likely N-dealkylation sites (tertiary alicyclic amines) is 1. The van der Waals surface area contributed by atoms with Gasteiger partial charge < -0.3 is 10.2 Å². The number of rotatable bonds is 3. The molecule has 1 fully saturated rings. The van der Waals surface area contributed by atoms with E-state index < -0.39 is 0 Å². The highest BCUT2D eigenvalue weighted by Crippen LogP contribution is 2.10. The Morgan fingerprint density at radius 3 is 3.17 bits per heavy atom. The summed E-state index contributed by atoms with van der Waals surface area (Å²) in [4.78, 5) is 22.1. The average Bonchev–Trinajstić information content (AvgIpc) is 2.39. The van der Waals surface area contributed by atoms with E-state index in [1.54, 1.807) is 0 Å². The predicted molar refractivity (Wildman–Crippen MR) is 69.6 cm³/mol. The van der Waals surface area contributed by atoms with Crippen LogP contribution in [0.15, 0.2) is 12.4 Å². The lowest BCUT2D eigenvalue weighted by Crippen LogP contribution is -2.47. The third-order valence-electron chi connectivity index (χ3n) is 3.13. The van der Waals surface area contributed by atoms with Crippen LogP contribution < -0.4 is 5.32 Å². The van der Waals surface area contributed by atoms with Gasteiger partial charge in [0.2, 0.25) is 0 Å². The molecule has 1 unspecified atom stereocenters. The van der Waals surface area contributed by atoms with Crippen LogP contribution in [-0.4, -0.2) is 46.5 Å². The van der Waals surface area contributed by atoms with Crippen LogP contribution in [0.5, 0.6) is 0 Å². The summed E-state index contributed by atoms with van der Waals surface area (Å²) in [5, 5.41) is 3.22. The van der Waals surface area contributed by atoms with Gasteiger partial charge in [-0.05, 0) is 25.9 Å². The molecule has 1 atom stereocenters. The number of likely N-dealkylation sites (N-methyl/N-ethyl adjacent to an activating group) is 1. The van der Waals surface area contributed by atoms with Crippen LogP contribution in [0.3, 0.4) is 0 Å². The largest absolute Gasteiger partial charge is 0.347 e. The van der Waals surface area contributed by atoms with Gasteiger partial charge >= 0.3 is 0 Å². The Kier molecular flexibility index (Phi) is 4.49. The number of hydrogen-bond acceptors (Lipinski definition) is 4. The Labute approximate surface area is 112 Å². The number of piperidine rings is 1. The molecule has 1 saturated heterocycles. The third kappa shape index (κ3) is 3.40. The van der Waals surface area contributed by atoms with E-state index in [4.69, 9.17) is 11.6 Å². The highest BCUT2D eigenvalue weighted by molar-refractivity contribution is 6.29. The molecule has 1 aromatic rings. The summed E-state index contributed by atoms with van der Waals surface area (Å²) in [6, 6.07) is 0.187. The van der Waals surface area contributed by atoms with Gasteiger partial charge in [0.05, 0.1) is 12.4 Å². The van der Waals surface area contributed by atoms with Crippen LogP contribution >= 0.6 is 11.6 Å². The van der Waals surface area contributed by atoms with Crippen molar-refractivity contribution in [3.63, 3.8) is 0 Å². The van der Waals surface area contributed by atoms with Crippen molar-refractivity contribution in [2.45, 2.75) is 25.8 Å². The molecule has 0 bridgehead atoms. The molecule has 1 N–H and O–H groups in total. The first-order valence-electron chi connectivity index (χ1n) is 6.20. The van der Waals surface area contributed by atoms with E-state index in [9.17, 15) is 4.79 Å². The fourth-order valence-electron chi connectivity index (χ4n) is 2.17. The molecule has 6 heteroatoms. The first-order chi connectivity index (χ1) is 8.69. The first kappa shape index (κ1) is 13.2. The predicted octanol–water partition coefficient (Wildman–Crippen LogP) is 1.34. The van der Waals surface area contributed by atoms with E-state index in [0.29, 0.717) is 0 Å². The number of amides is 1. The minimum absolute atomic E-state index is 0.187. The van der Waals surface area contributed by atoms with E-state index in [1.165, 1.54) is 12.4 Å². The van der Waals surface area contributed by atoms with Gasteiger partial charge in [-0.25, -0.2) is 4.98 Å². The highest BCUT2D eigenvalue weighted by Gasteiger charge is 2.21. The fourth-order valence-corrected chi connectivity index (χ4v) is 2.32. The fraction of sp³-hybridized carbons (Fsp3) is 0.583. The van der Waals surface area contributed by atoms with Crippen molar-refractivity contribution in [2.75, 3.05) is 19.6 Å². The normalized spacial score (nSPS) is 20.7. The smallest absolute Gasteiger partial charge is 0.271 e. The molecular formula is C12H17ClN4O. The number of carbonyl (C=O) groups excluding carboxylic acids is 1. The second-order valence-corrected chi connectivity index (χ2v) is 4.82. The van der Waals surface area contributed by atoms with Crippen molar-refractivity contribution < 1.29 is 4.79 Å². The zero-order valence-corrected chi connectivity index (χ0v) is 11.2. The third-order valence-corrected chi connectivity index (χ3v) is 3.31. The van der Waals surface area contributed by atoms with E-state index in [2.05, 4.69) is 27.1 Å². The summed E-state index contributed by atoms with van der Waals surface area (Å²) in [5.74, 6) is -0.201. The van der Waals surface area contributed by atoms with Crippen LogP contribution in [-0.2, 0) is 0 Å². The zero-order chi connectivity index (χ0) is 13.0. The minimum Gasteiger partial charge on any atom is -0.347 e. The summed E-state index contributed by atoms with van der Waals surface area (Å²) in [7, 11) is 0. The van der Waals surface area contributed by atoms with Crippen LogP contribution in [0.2, 0.25) is 5.15 Å².